The highest BCUT2D eigenvalue weighted by molar-refractivity contribution is 7.14. The summed E-state index contributed by atoms with van der Waals surface area (Å²) < 4.78 is 0. The molecule has 3 rings (SSSR count). The number of para-hydroxylation sites is 1. The number of carbonyl (C=O) groups is 1. The summed E-state index contributed by atoms with van der Waals surface area (Å²) in [7, 11) is 0. The Morgan fingerprint density at radius 1 is 1.13 bits per heavy atom. The minimum atomic E-state index is -0.257. The Kier molecular flexibility index (Phi) is 4.60. The van der Waals surface area contributed by atoms with Crippen molar-refractivity contribution < 1.29 is 4.79 Å². The number of hydrogen-bond donors (Lipinski definition) is 2. The maximum absolute atomic E-state index is 12.3. The van der Waals surface area contributed by atoms with Crippen LogP contribution in [0.5, 0.6) is 0 Å². The predicted molar refractivity (Wildman–Crippen MR) is 96.0 cm³/mol. The molecule has 116 valence electrons. The van der Waals surface area contributed by atoms with Gasteiger partial charge in [0.2, 0.25) is 0 Å². The molecule has 0 fully saturated rings. The van der Waals surface area contributed by atoms with Gasteiger partial charge in [-0.2, -0.15) is 0 Å². The second-order valence-electron chi connectivity index (χ2n) is 4.90. The van der Waals surface area contributed by atoms with Gasteiger partial charge in [0.25, 0.3) is 5.91 Å². The molecule has 0 atom stereocenters. The van der Waals surface area contributed by atoms with Gasteiger partial charge in [0.1, 0.15) is 5.69 Å². The Bertz CT molecular complexity index is 833. The van der Waals surface area contributed by atoms with Crippen molar-refractivity contribution in [2.45, 2.75) is 6.92 Å². The summed E-state index contributed by atoms with van der Waals surface area (Å²) in [5, 5.41) is 9.02. The van der Waals surface area contributed by atoms with Crippen molar-refractivity contribution >= 4 is 45.4 Å². The molecule has 2 N–H and O–H groups in total. The van der Waals surface area contributed by atoms with Crippen molar-refractivity contribution in [1.82, 2.24) is 4.98 Å². The molecule has 1 amide bonds. The van der Waals surface area contributed by atoms with Crippen molar-refractivity contribution in [3.05, 3.63) is 70.2 Å². The van der Waals surface area contributed by atoms with Gasteiger partial charge >= 0.3 is 0 Å². The maximum Gasteiger partial charge on any atom is 0.275 e. The van der Waals surface area contributed by atoms with Crippen LogP contribution in [0.15, 0.2) is 53.9 Å². The van der Waals surface area contributed by atoms with Gasteiger partial charge in [0.05, 0.1) is 0 Å². The van der Waals surface area contributed by atoms with E-state index in [0.29, 0.717) is 21.5 Å². The van der Waals surface area contributed by atoms with Gasteiger partial charge < -0.3 is 10.6 Å². The molecule has 0 spiro atoms. The van der Waals surface area contributed by atoms with Crippen LogP contribution in [0.2, 0.25) is 5.02 Å². The summed E-state index contributed by atoms with van der Waals surface area (Å²) in [4.78, 5) is 16.6. The molecule has 0 saturated heterocycles. The molecule has 0 saturated carbocycles. The van der Waals surface area contributed by atoms with Gasteiger partial charge in [-0.1, -0.05) is 35.9 Å². The lowest BCUT2D eigenvalue weighted by atomic mass is 10.2. The third kappa shape index (κ3) is 3.70. The third-order valence-electron chi connectivity index (χ3n) is 3.28. The van der Waals surface area contributed by atoms with Crippen molar-refractivity contribution in [2.24, 2.45) is 0 Å². The average molecular weight is 344 g/mol. The Balaban J connectivity index is 1.72. The largest absolute Gasteiger partial charge is 0.332 e. The molecule has 3 aromatic rings. The monoisotopic (exact) mass is 343 g/mol. The first-order valence-electron chi connectivity index (χ1n) is 6.97. The quantitative estimate of drug-likeness (QED) is 0.692. The number of carbonyl (C=O) groups excluding carboxylic acids is 1. The van der Waals surface area contributed by atoms with E-state index < -0.39 is 0 Å². The van der Waals surface area contributed by atoms with Crippen LogP contribution in [0, 0.1) is 6.92 Å². The zero-order valence-corrected chi connectivity index (χ0v) is 13.9. The van der Waals surface area contributed by atoms with Crippen LogP contribution in [0.3, 0.4) is 0 Å². The molecule has 23 heavy (non-hydrogen) atoms. The Morgan fingerprint density at radius 3 is 2.70 bits per heavy atom. The van der Waals surface area contributed by atoms with Crippen LogP contribution in [-0.2, 0) is 0 Å². The molecule has 4 nitrogen and oxygen atoms in total. The molecule has 0 radical (unpaired) electrons. The van der Waals surface area contributed by atoms with Crippen LogP contribution in [0.4, 0.5) is 16.5 Å². The maximum atomic E-state index is 12.3. The fourth-order valence-electron chi connectivity index (χ4n) is 2.01. The summed E-state index contributed by atoms with van der Waals surface area (Å²) in [6.07, 6.45) is 0. The smallest absolute Gasteiger partial charge is 0.275 e. The minimum absolute atomic E-state index is 0.257. The molecule has 1 heterocycles. The van der Waals surface area contributed by atoms with Crippen molar-refractivity contribution in [2.75, 3.05) is 10.6 Å². The van der Waals surface area contributed by atoms with Crippen molar-refractivity contribution in [3.8, 4) is 0 Å². The fraction of sp³-hybridized carbons (Fsp3) is 0.0588. The fourth-order valence-corrected chi connectivity index (χ4v) is 2.90. The van der Waals surface area contributed by atoms with Crippen LogP contribution in [0.25, 0.3) is 0 Å². The van der Waals surface area contributed by atoms with Gasteiger partial charge in [-0.3, -0.25) is 4.79 Å². The predicted octanol–water partition coefficient (Wildman–Crippen LogP) is 5.10. The number of hydrogen-bond acceptors (Lipinski definition) is 4. The zero-order chi connectivity index (χ0) is 16.2. The van der Waals surface area contributed by atoms with Gasteiger partial charge in [-0.25, -0.2) is 4.98 Å². The van der Waals surface area contributed by atoms with Crippen LogP contribution in [-0.4, -0.2) is 10.9 Å². The Hall–Kier alpha value is -2.37. The van der Waals surface area contributed by atoms with E-state index in [1.807, 2.05) is 43.3 Å². The van der Waals surface area contributed by atoms with E-state index >= 15 is 0 Å². The Morgan fingerprint density at radius 2 is 1.91 bits per heavy atom. The summed E-state index contributed by atoms with van der Waals surface area (Å²) in [5.41, 5.74) is 2.82. The average Bonchev–Trinajstić information content (AvgIpc) is 3.01. The summed E-state index contributed by atoms with van der Waals surface area (Å²) in [5.74, 6) is -0.257. The normalized spacial score (nSPS) is 10.3. The highest BCUT2D eigenvalue weighted by Crippen LogP contribution is 2.25. The first kappa shape index (κ1) is 15.5. The number of halogens is 1. The van der Waals surface area contributed by atoms with Crippen molar-refractivity contribution in [1.29, 1.82) is 0 Å². The van der Waals surface area contributed by atoms with E-state index in [-0.39, 0.29) is 5.91 Å². The molecule has 0 aliphatic carbocycles. The second kappa shape index (κ2) is 6.81. The molecule has 0 unspecified atom stereocenters. The van der Waals surface area contributed by atoms with Gasteiger partial charge in [0.15, 0.2) is 5.13 Å². The molecule has 1 aromatic heterocycles. The lowest BCUT2D eigenvalue weighted by Gasteiger charge is -2.08. The van der Waals surface area contributed by atoms with Gasteiger partial charge in [0, 0.05) is 21.8 Å². The number of nitrogens with one attached hydrogen (secondary N) is 2. The molecule has 0 aliphatic heterocycles. The van der Waals surface area contributed by atoms with Crippen LogP contribution < -0.4 is 10.6 Å². The first-order valence-corrected chi connectivity index (χ1v) is 8.23. The number of benzene rings is 2. The van der Waals surface area contributed by atoms with Crippen LogP contribution in [0.1, 0.15) is 16.1 Å². The molecule has 0 aliphatic rings. The highest BCUT2D eigenvalue weighted by atomic mass is 35.5. The molecule has 6 heteroatoms. The highest BCUT2D eigenvalue weighted by Gasteiger charge is 2.13. The standard InChI is InChI=1S/C17H14ClN3OS/c1-11-13(18)8-5-9-14(11)20-16(22)15-10-23-17(21-15)19-12-6-3-2-4-7-12/h2-10H,1H3,(H,19,21)(H,20,22). The van der Waals surface area contributed by atoms with Gasteiger partial charge in [-0.05, 0) is 36.8 Å². The molecular formula is C17H14ClN3OS. The number of thiazole rings is 1. The number of nitrogens with zero attached hydrogens (tertiary/aromatic N) is 1. The zero-order valence-electron chi connectivity index (χ0n) is 12.3. The second-order valence-corrected chi connectivity index (χ2v) is 6.16. The SMILES string of the molecule is Cc1c(Cl)cccc1NC(=O)c1csc(Nc2ccccc2)n1. The number of aromatic nitrogens is 1. The van der Waals surface area contributed by atoms with Crippen molar-refractivity contribution in [3.63, 3.8) is 0 Å². The van der Waals surface area contributed by atoms with E-state index in [1.54, 1.807) is 17.5 Å². The van der Waals surface area contributed by atoms with Gasteiger partial charge in [-0.15, -0.1) is 11.3 Å². The first-order chi connectivity index (χ1) is 11.1. The lowest BCUT2D eigenvalue weighted by molar-refractivity contribution is 0.102. The summed E-state index contributed by atoms with van der Waals surface area (Å²) in [6, 6.07) is 15.1. The molecule has 0 bridgehead atoms. The van der Waals surface area contributed by atoms with E-state index in [1.165, 1.54) is 11.3 Å². The molecular weight excluding hydrogens is 330 g/mol. The summed E-state index contributed by atoms with van der Waals surface area (Å²) in [6.45, 7) is 1.86. The summed E-state index contributed by atoms with van der Waals surface area (Å²) >= 11 is 7.44. The minimum Gasteiger partial charge on any atom is -0.332 e. The number of anilines is 3. The van der Waals surface area contributed by atoms with E-state index in [0.717, 1.165) is 11.3 Å². The van der Waals surface area contributed by atoms with E-state index in [4.69, 9.17) is 11.6 Å². The topological polar surface area (TPSA) is 54.0 Å². The van der Waals surface area contributed by atoms with Crippen LogP contribution >= 0.6 is 22.9 Å². The lowest BCUT2D eigenvalue weighted by Crippen LogP contribution is -2.13. The van der Waals surface area contributed by atoms with E-state index in [9.17, 15) is 4.79 Å². The Labute approximate surface area is 143 Å². The van der Waals surface area contributed by atoms with E-state index in [2.05, 4.69) is 15.6 Å². The number of rotatable bonds is 4. The third-order valence-corrected chi connectivity index (χ3v) is 4.44. The number of amides is 1. The molecule has 2 aromatic carbocycles.